The minimum absolute atomic E-state index is 0.136. The smallest absolute Gasteiger partial charge is 0.226 e. The van der Waals surface area contributed by atoms with Gasteiger partial charge in [0.25, 0.3) is 0 Å². The van der Waals surface area contributed by atoms with Gasteiger partial charge < -0.3 is 0 Å². The van der Waals surface area contributed by atoms with E-state index in [-0.39, 0.29) is 11.8 Å². The molecule has 3 heteroatoms. The van der Waals surface area contributed by atoms with Crippen molar-refractivity contribution in [1.82, 2.24) is 5.32 Å². The second-order valence-corrected chi connectivity index (χ2v) is 3.14. The molecule has 0 aliphatic carbocycles. The molecule has 0 rings (SSSR count). The summed E-state index contributed by atoms with van der Waals surface area (Å²) in [4.78, 5) is 21.8. The molecule has 0 atom stereocenters. The quantitative estimate of drug-likeness (QED) is 0.643. The summed E-state index contributed by atoms with van der Waals surface area (Å²) in [6.45, 7) is 3.86. The molecule has 13 heavy (non-hydrogen) atoms. The normalized spacial score (nSPS) is 9.69. The fourth-order valence-corrected chi connectivity index (χ4v) is 1.02. The van der Waals surface area contributed by atoms with E-state index in [4.69, 9.17) is 0 Å². The molecule has 0 bridgehead atoms. The molecule has 0 saturated carbocycles. The molecule has 0 aliphatic rings. The summed E-state index contributed by atoms with van der Waals surface area (Å²) >= 11 is 0. The third kappa shape index (κ3) is 7.50. The van der Waals surface area contributed by atoms with Crippen molar-refractivity contribution in [1.29, 1.82) is 0 Å². The number of unbranched alkanes of at least 4 members (excludes halogenated alkanes) is 3. The average Bonchev–Trinajstić information content (AvgIpc) is 2.12. The molecule has 0 saturated heterocycles. The summed E-state index contributed by atoms with van der Waals surface area (Å²) < 4.78 is 0. The van der Waals surface area contributed by atoms with Gasteiger partial charge in [-0.05, 0) is 6.42 Å². The highest BCUT2D eigenvalue weighted by atomic mass is 16.2. The number of carbonyl (C=O) groups is 2. The van der Waals surface area contributed by atoms with Gasteiger partial charge in [-0.25, -0.2) is 0 Å². The first kappa shape index (κ1) is 12.1. The minimum atomic E-state index is -0.180. The maximum absolute atomic E-state index is 11.0. The molecule has 0 aromatic rings. The SMILES string of the molecule is CCCCCCC(=O)NC(=O)CC. The van der Waals surface area contributed by atoms with Crippen molar-refractivity contribution in [3.05, 3.63) is 0 Å². The fourth-order valence-electron chi connectivity index (χ4n) is 1.02. The predicted octanol–water partition coefficient (Wildman–Crippen LogP) is 2.01. The summed E-state index contributed by atoms with van der Waals surface area (Å²) in [7, 11) is 0. The van der Waals surface area contributed by atoms with Crippen molar-refractivity contribution >= 4 is 11.8 Å². The third-order valence-corrected chi connectivity index (χ3v) is 1.86. The molecule has 3 nitrogen and oxygen atoms in total. The largest absolute Gasteiger partial charge is 0.296 e. The van der Waals surface area contributed by atoms with E-state index in [2.05, 4.69) is 12.2 Å². The first-order chi connectivity index (χ1) is 6.20. The van der Waals surface area contributed by atoms with E-state index in [1.165, 1.54) is 0 Å². The lowest BCUT2D eigenvalue weighted by atomic mass is 10.1. The van der Waals surface area contributed by atoms with Crippen molar-refractivity contribution in [2.75, 3.05) is 0 Å². The molecular formula is C10H19NO2. The zero-order chi connectivity index (χ0) is 10.1. The number of rotatable bonds is 6. The first-order valence-corrected chi connectivity index (χ1v) is 5.03. The van der Waals surface area contributed by atoms with Gasteiger partial charge in [-0.1, -0.05) is 33.1 Å². The van der Waals surface area contributed by atoms with Crippen LogP contribution < -0.4 is 5.32 Å². The molecule has 0 aromatic heterocycles. The standard InChI is InChI=1S/C10H19NO2/c1-3-5-6-7-8-10(13)11-9(12)4-2/h3-8H2,1-2H3,(H,11,12,13). The van der Waals surface area contributed by atoms with Crippen molar-refractivity contribution in [2.45, 2.75) is 52.4 Å². The van der Waals surface area contributed by atoms with Crippen LogP contribution in [-0.4, -0.2) is 11.8 Å². The highest BCUT2D eigenvalue weighted by Crippen LogP contribution is 2.01. The molecular weight excluding hydrogens is 166 g/mol. The average molecular weight is 185 g/mol. The number of hydrogen-bond donors (Lipinski definition) is 1. The molecule has 0 aromatic carbocycles. The molecule has 0 heterocycles. The van der Waals surface area contributed by atoms with Crippen molar-refractivity contribution in [3.8, 4) is 0 Å². The molecule has 0 fully saturated rings. The Kier molecular flexibility index (Phi) is 7.26. The number of imide groups is 1. The molecule has 2 amide bonds. The number of hydrogen-bond acceptors (Lipinski definition) is 2. The number of carbonyl (C=O) groups excluding carboxylic acids is 2. The van der Waals surface area contributed by atoms with Crippen LogP contribution in [0.4, 0.5) is 0 Å². The van der Waals surface area contributed by atoms with E-state index >= 15 is 0 Å². The first-order valence-electron chi connectivity index (χ1n) is 5.03. The van der Waals surface area contributed by atoms with Crippen LogP contribution in [0, 0.1) is 0 Å². The molecule has 0 spiro atoms. The monoisotopic (exact) mass is 185 g/mol. The van der Waals surface area contributed by atoms with E-state index in [0.717, 1.165) is 25.7 Å². The molecule has 1 N–H and O–H groups in total. The molecule has 76 valence electrons. The number of nitrogens with one attached hydrogen (secondary N) is 1. The Bertz CT molecular complexity index is 166. The van der Waals surface area contributed by atoms with Crippen LogP contribution in [0.25, 0.3) is 0 Å². The van der Waals surface area contributed by atoms with E-state index in [0.29, 0.717) is 12.8 Å². The summed E-state index contributed by atoms with van der Waals surface area (Å²) in [5.74, 6) is -0.316. The highest BCUT2D eigenvalue weighted by molar-refractivity contribution is 5.94. The van der Waals surface area contributed by atoms with Crippen molar-refractivity contribution in [2.24, 2.45) is 0 Å². The van der Waals surface area contributed by atoms with Gasteiger partial charge >= 0.3 is 0 Å². The lowest BCUT2D eigenvalue weighted by Gasteiger charge is -2.01. The maximum atomic E-state index is 11.0. The van der Waals surface area contributed by atoms with E-state index < -0.39 is 0 Å². The van der Waals surface area contributed by atoms with Gasteiger partial charge in [0.15, 0.2) is 0 Å². The minimum Gasteiger partial charge on any atom is -0.296 e. The topological polar surface area (TPSA) is 46.2 Å². The van der Waals surface area contributed by atoms with E-state index in [1.807, 2.05) is 0 Å². The Balaban J connectivity index is 3.35. The Hall–Kier alpha value is -0.860. The van der Waals surface area contributed by atoms with Crippen LogP contribution in [0.3, 0.4) is 0 Å². The Morgan fingerprint density at radius 2 is 1.69 bits per heavy atom. The molecule has 0 radical (unpaired) electrons. The van der Waals surface area contributed by atoms with Gasteiger partial charge in [0, 0.05) is 12.8 Å². The van der Waals surface area contributed by atoms with Crippen LogP contribution in [0.2, 0.25) is 0 Å². The van der Waals surface area contributed by atoms with Gasteiger partial charge in [-0.15, -0.1) is 0 Å². The molecule has 0 aliphatic heterocycles. The summed E-state index contributed by atoms with van der Waals surface area (Å²) in [6.07, 6.45) is 5.14. The van der Waals surface area contributed by atoms with Gasteiger partial charge in [-0.3, -0.25) is 14.9 Å². The summed E-state index contributed by atoms with van der Waals surface area (Å²) in [6, 6.07) is 0. The third-order valence-electron chi connectivity index (χ3n) is 1.86. The van der Waals surface area contributed by atoms with Crippen molar-refractivity contribution in [3.63, 3.8) is 0 Å². The van der Waals surface area contributed by atoms with Crippen LogP contribution in [0.5, 0.6) is 0 Å². The fraction of sp³-hybridized carbons (Fsp3) is 0.800. The molecule has 0 unspecified atom stereocenters. The lowest BCUT2D eigenvalue weighted by Crippen LogP contribution is -2.29. The van der Waals surface area contributed by atoms with Crippen LogP contribution in [0.15, 0.2) is 0 Å². The van der Waals surface area contributed by atoms with Gasteiger partial charge in [0.05, 0.1) is 0 Å². The van der Waals surface area contributed by atoms with Gasteiger partial charge in [0.1, 0.15) is 0 Å². The second kappa shape index (κ2) is 7.77. The highest BCUT2D eigenvalue weighted by Gasteiger charge is 2.04. The summed E-state index contributed by atoms with van der Waals surface area (Å²) in [5.41, 5.74) is 0. The Labute approximate surface area is 79.9 Å². The van der Waals surface area contributed by atoms with Crippen LogP contribution >= 0.6 is 0 Å². The van der Waals surface area contributed by atoms with E-state index in [1.54, 1.807) is 6.92 Å². The zero-order valence-electron chi connectivity index (χ0n) is 8.56. The van der Waals surface area contributed by atoms with Crippen molar-refractivity contribution < 1.29 is 9.59 Å². The second-order valence-electron chi connectivity index (χ2n) is 3.14. The maximum Gasteiger partial charge on any atom is 0.226 e. The zero-order valence-corrected chi connectivity index (χ0v) is 8.56. The van der Waals surface area contributed by atoms with Crippen LogP contribution in [0.1, 0.15) is 52.4 Å². The van der Waals surface area contributed by atoms with Gasteiger partial charge in [0.2, 0.25) is 11.8 Å². The Morgan fingerprint density at radius 3 is 2.23 bits per heavy atom. The lowest BCUT2D eigenvalue weighted by molar-refractivity contribution is -0.130. The van der Waals surface area contributed by atoms with Crippen LogP contribution in [-0.2, 0) is 9.59 Å². The van der Waals surface area contributed by atoms with Gasteiger partial charge in [-0.2, -0.15) is 0 Å². The predicted molar refractivity (Wildman–Crippen MR) is 52.2 cm³/mol. The van der Waals surface area contributed by atoms with E-state index in [9.17, 15) is 9.59 Å². The summed E-state index contributed by atoms with van der Waals surface area (Å²) in [5, 5.41) is 2.33. The number of amides is 2. The Morgan fingerprint density at radius 1 is 1.00 bits per heavy atom.